The fourth-order valence-corrected chi connectivity index (χ4v) is 3.68. The van der Waals surface area contributed by atoms with Gasteiger partial charge in [0.25, 0.3) is 0 Å². The summed E-state index contributed by atoms with van der Waals surface area (Å²) in [7, 11) is 0. The molecule has 3 rings (SSSR count). The third-order valence-corrected chi connectivity index (χ3v) is 5.45. The first-order valence-electron chi connectivity index (χ1n) is 8.93. The van der Waals surface area contributed by atoms with E-state index in [-0.39, 0.29) is 6.10 Å². The van der Waals surface area contributed by atoms with Crippen LogP contribution in [0.2, 0.25) is 0 Å². The summed E-state index contributed by atoms with van der Waals surface area (Å²) in [5.41, 5.74) is 1.14. The van der Waals surface area contributed by atoms with Crippen molar-refractivity contribution in [3.8, 4) is 0 Å². The van der Waals surface area contributed by atoms with Crippen LogP contribution in [0.3, 0.4) is 0 Å². The molecule has 26 heavy (non-hydrogen) atoms. The summed E-state index contributed by atoms with van der Waals surface area (Å²) in [5, 5.41) is 10.2. The Morgan fingerprint density at radius 3 is 2.54 bits per heavy atom. The molecule has 0 aromatic rings. The average Bonchev–Trinajstić information content (AvgIpc) is 3.04. The number of ether oxygens (including phenoxy) is 3. The van der Waals surface area contributed by atoms with Crippen molar-refractivity contribution in [2.24, 2.45) is 5.92 Å². The van der Waals surface area contributed by atoms with Gasteiger partial charge in [0.1, 0.15) is 12.2 Å². The number of hydrogen-bond donors (Lipinski definition) is 1. The summed E-state index contributed by atoms with van der Waals surface area (Å²) >= 11 is 0. The number of esters is 2. The molecule has 0 saturated carbocycles. The van der Waals surface area contributed by atoms with E-state index in [9.17, 15) is 14.7 Å². The maximum atomic E-state index is 12.6. The zero-order valence-electron chi connectivity index (χ0n) is 15.7. The molecular weight excluding hydrogens is 336 g/mol. The number of hydrogen-bond acceptors (Lipinski definition) is 6. The van der Waals surface area contributed by atoms with E-state index < -0.39 is 41.8 Å². The van der Waals surface area contributed by atoms with E-state index in [1.165, 1.54) is 0 Å². The van der Waals surface area contributed by atoms with E-state index in [2.05, 4.69) is 6.58 Å². The van der Waals surface area contributed by atoms with E-state index in [1.54, 1.807) is 13.0 Å². The fraction of sp³-hybridized carbons (Fsp3) is 0.600. The molecule has 6 atom stereocenters. The van der Waals surface area contributed by atoms with Gasteiger partial charge >= 0.3 is 11.9 Å². The van der Waals surface area contributed by atoms with Crippen LogP contribution >= 0.6 is 0 Å². The third-order valence-electron chi connectivity index (χ3n) is 5.45. The van der Waals surface area contributed by atoms with E-state index in [0.29, 0.717) is 18.4 Å². The largest absolute Gasteiger partial charge is 0.459 e. The fourth-order valence-electron chi connectivity index (χ4n) is 3.68. The van der Waals surface area contributed by atoms with Gasteiger partial charge < -0.3 is 19.3 Å². The van der Waals surface area contributed by atoms with Gasteiger partial charge in [-0.3, -0.25) is 0 Å². The number of carbonyl (C=O) groups is 2. The van der Waals surface area contributed by atoms with Crippen molar-refractivity contribution in [2.45, 2.75) is 70.6 Å². The predicted molar refractivity (Wildman–Crippen MR) is 94.1 cm³/mol. The Morgan fingerprint density at radius 1 is 1.31 bits per heavy atom. The molecule has 0 spiro atoms. The number of aliphatic hydroxyl groups excluding tert-OH is 1. The Balaban J connectivity index is 1.93. The summed E-state index contributed by atoms with van der Waals surface area (Å²) in [6.45, 7) is 11.1. The van der Waals surface area contributed by atoms with Gasteiger partial charge in [0.15, 0.2) is 5.60 Å². The van der Waals surface area contributed by atoms with E-state index in [4.69, 9.17) is 14.2 Å². The first kappa shape index (κ1) is 18.9. The summed E-state index contributed by atoms with van der Waals surface area (Å²) in [6, 6.07) is 0. The Bertz CT molecular complexity index is 705. The van der Waals surface area contributed by atoms with Crippen LogP contribution in [0.5, 0.6) is 0 Å². The molecule has 6 nitrogen and oxygen atoms in total. The highest BCUT2D eigenvalue weighted by Crippen LogP contribution is 2.40. The van der Waals surface area contributed by atoms with Gasteiger partial charge in [-0.25, -0.2) is 9.59 Å². The molecule has 0 bridgehead atoms. The van der Waals surface area contributed by atoms with Gasteiger partial charge in [-0.05, 0) is 40.2 Å². The molecule has 0 aromatic heterocycles. The highest BCUT2D eigenvalue weighted by Gasteiger charge is 2.58. The van der Waals surface area contributed by atoms with Gasteiger partial charge in [-0.1, -0.05) is 23.8 Å². The van der Waals surface area contributed by atoms with E-state index in [1.807, 2.05) is 26.8 Å². The van der Waals surface area contributed by atoms with Crippen LogP contribution in [0.25, 0.3) is 0 Å². The second-order valence-corrected chi connectivity index (χ2v) is 7.73. The lowest BCUT2D eigenvalue weighted by Gasteiger charge is -2.28. The highest BCUT2D eigenvalue weighted by molar-refractivity contribution is 5.91. The van der Waals surface area contributed by atoms with Gasteiger partial charge in [-0.2, -0.15) is 0 Å². The molecule has 0 radical (unpaired) electrons. The van der Waals surface area contributed by atoms with Gasteiger partial charge in [-0.15, -0.1) is 0 Å². The van der Waals surface area contributed by atoms with Crippen LogP contribution in [0, 0.1) is 5.92 Å². The SMILES string of the molecule is C=C1C(=O)O[C@@H]2/C=C(\C)C[C@@H](O)/C=C(\C)C[C@@H](OC(=O)[C@]3(C)O[C@H]3C)[C@@H]12. The van der Waals surface area contributed by atoms with Crippen molar-refractivity contribution in [1.82, 2.24) is 0 Å². The van der Waals surface area contributed by atoms with Gasteiger partial charge in [0.2, 0.25) is 0 Å². The van der Waals surface area contributed by atoms with Gasteiger partial charge in [0.05, 0.1) is 18.1 Å². The number of fused-ring (bicyclic) bond motifs is 1. The maximum Gasteiger partial charge on any atom is 0.341 e. The Morgan fingerprint density at radius 2 is 1.92 bits per heavy atom. The van der Waals surface area contributed by atoms with Crippen LogP contribution in [-0.2, 0) is 23.8 Å². The Kier molecular flexibility index (Phi) is 4.84. The topological polar surface area (TPSA) is 85.4 Å². The summed E-state index contributed by atoms with van der Waals surface area (Å²) in [5.74, 6) is -1.39. The van der Waals surface area contributed by atoms with Crippen molar-refractivity contribution < 1.29 is 28.9 Å². The summed E-state index contributed by atoms with van der Waals surface area (Å²) < 4.78 is 16.6. The van der Waals surface area contributed by atoms with Crippen LogP contribution in [0.15, 0.2) is 35.5 Å². The van der Waals surface area contributed by atoms with Crippen molar-refractivity contribution in [3.05, 3.63) is 35.5 Å². The maximum absolute atomic E-state index is 12.6. The number of epoxide rings is 1. The molecule has 0 amide bonds. The molecule has 0 unspecified atom stereocenters. The average molecular weight is 362 g/mol. The van der Waals surface area contributed by atoms with Crippen LogP contribution < -0.4 is 0 Å². The molecular formula is C20H26O6. The number of aliphatic hydroxyl groups is 1. The molecule has 3 aliphatic rings. The molecule has 1 aliphatic carbocycles. The van der Waals surface area contributed by atoms with E-state index in [0.717, 1.165) is 11.1 Å². The molecule has 6 heteroatoms. The minimum Gasteiger partial charge on any atom is -0.459 e. The zero-order chi connectivity index (χ0) is 19.2. The van der Waals surface area contributed by atoms with Crippen molar-refractivity contribution >= 4 is 11.9 Å². The first-order chi connectivity index (χ1) is 12.1. The smallest absolute Gasteiger partial charge is 0.341 e. The molecule has 2 fully saturated rings. The molecule has 2 heterocycles. The van der Waals surface area contributed by atoms with Crippen LogP contribution in [0.1, 0.15) is 40.5 Å². The monoisotopic (exact) mass is 362 g/mol. The zero-order valence-corrected chi connectivity index (χ0v) is 15.7. The number of rotatable bonds is 2. The second-order valence-electron chi connectivity index (χ2n) is 7.73. The summed E-state index contributed by atoms with van der Waals surface area (Å²) in [6.07, 6.45) is 2.41. The lowest BCUT2D eigenvalue weighted by Crippen LogP contribution is -2.37. The molecule has 1 N–H and O–H groups in total. The van der Waals surface area contributed by atoms with Crippen LogP contribution in [-0.4, -0.2) is 47.1 Å². The predicted octanol–water partition coefficient (Wildman–Crippen LogP) is 2.22. The lowest BCUT2D eigenvalue weighted by molar-refractivity contribution is -0.157. The first-order valence-corrected chi connectivity index (χ1v) is 8.93. The molecule has 0 aromatic carbocycles. The van der Waals surface area contributed by atoms with Crippen molar-refractivity contribution in [3.63, 3.8) is 0 Å². The van der Waals surface area contributed by atoms with Gasteiger partial charge in [0, 0.05) is 12.0 Å². The van der Waals surface area contributed by atoms with Crippen LogP contribution in [0.4, 0.5) is 0 Å². The van der Waals surface area contributed by atoms with Crippen molar-refractivity contribution in [1.29, 1.82) is 0 Å². The van der Waals surface area contributed by atoms with Crippen molar-refractivity contribution in [2.75, 3.05) is 0 Å². The highest BCUT2D eigenvalue weighted by atomic mass is 16.7. The minimum atomic E-state index is -0.946. The third kappa shape index (κ3) is 3.48. The normalized spacial score (nSPS) is 44.1. The lowest BCUT2D eigenvalue weighted by atomic mass is 9.85. The summed E-state index contributed by atoms with van der Waals surface area (Å²) in [4.78, 5) is 24.7. The standard InChI is InChI=1S/C20H26O6/c1-10-6-14(21)7-11(2)9-16(25-19(23)20(5)13(4)26-20)17-12(3)18(22)24-15(17)8-10/h7-8,13-17,21H,3,6,9H2,1-2,4-5H3/b10-8+,11-7+/t13-,14+,15+,16+,17-,20+/m0/s1. The molecule has 2 saturated heterocycles. The Hall–Kier alpha value is -1.92. The Labute approximate surface area is 153 Å². The molecule has 2 aliphatic heterocycles. The quantitative estimate of drug-likeness (QED) is 0.351. The van der Waals surface area contributed by atoms with E-state index >= 15 is 0 Å². The minimum absolute atomic E-state index is 0.199. The molecule has 142 valence electrons. The second kappa shape index (κ2) is 6.67. The number of carbonyl (C=O) groups excluding carboxylic acids is 2.